The van der Waals surface area contributed by atoms with Gasteiger partial charge in [-0.05, 0) is 43.7 Å². The van der Waals surface area contributed by atoms with Crippen molar-refractivity contribution in [2.24, 2.45) is 0 Å². The Kier molecular flexibility index (Phi) is 3.43. The molecule has 1 heterocycles. The van der Waals surface area contributed by atoms with Crippen molar-refractivity contribution in [2.75, 3.05) is 6.61 Å². The van der Waals surface area contributed by atoms with Gasteiger partial charge in [0.25, 0.3) is 0 Å². The Balaban J connectivity index is 2.50. The highest BCUT2D eigenvalue weighted by molar-refractivity contribution is 5.51. The van der Waals surface area contributed by atoms with Gasteiger partial charge in [-0.25, -0.2) is 4.98 Å². The summed E-state index contributed by atoms with van der Waals surface area (Å²) < 4.78 is 5.47. The number of aromatic nitrogens is 1. The van der Waals surface area contributed by atoms with Crippen molar-refractivity contribution in [3.05, 3.63) is 35.0 Å². The monoisotopic (exact) mass is 228 g/mol. The second-order valence-electron chi connectivity index (χ2n) is 4.25. The Bertz CT molecular complexity index is 486. The van der Waals surface area contributed by atoms with Crippen LogP contribution in [0.5, 0.6) is 5.88 Å². The van der Waals surface area contributed by atoms with Gasteiger partial charge in [-0.2, -0.15) is 5.26 Å². The predicted molar refractivity (Wildman–Crippen MR) is 66.0 cm³/mol. The van der Waals surface area contributed by atoms with Gasteiger partial charge in [-0.15, -0.1) is 0 Å². The Labute approximate surface area is 102 Å². The normalized spacial score (nSPS) is 13.6. The summed E-state index contributed by atoms with van der Waals surface area (Å²) in [6.45, 7) is 5.99. The van der Waals surface area contributed by atoms with Crippen LogP contribution in [0.3, 0.4) is 0 Å². The number of hydrogen-bond donors (Lipinski definition) is 0. The van der Waals surface area contributed by atoms with Crippen molar-refractivity contribution < 1.29 is 4.74 Å². The predicted octanol–water partition coefficient (Wildman–Crippen LogP) is 2.71. The van der Waals surface area contributed by atoms with E-state index in [0.717, 1.165) is 30.5 Å². The van der Waals surface area contributed by atoms with Gasteiger partial charge in [-0.1, -0.05) is 12.7 Å². The van der Waals surface area contributed by atoms with E-state index in [4.69, 9.17) is 4.74 Å². The molecule has 17 heavy (non-hydrogen) atoms. The minimum absolute atomic E-state index is 0.389. The average Bonchev–Trinajstić information content (AvgIpc) is 2.36. The molecule has 2 rings (SSSR count). The summed E-state index contributed by atoms with van der Waals surface area (Å²) in [4.78, 5) is 4.40. The fourth-order valence-corrected chi connectivity index (χ4v) is 2.34. The number of nitrogens with zero attached hydrogens (tertiary/aromatic N) is 2. The molecule has 0 aromatic carbocycles. The van der Waals surface area contributed by atoms with E-state index in [-0.39, 0.29) is 0 Å². The molecule has 0 saturated carbocycles. The average molecular weight is 228 g/mol. The summed E-state index contributed by atoms with van der Waals surface area (Å²) in [7, 11) is 0. The van der Waals surface area contributed by atoms with Crippen molar-refractivity contribution >= 4 is 0 Å². The molecule has 1 aromatic heterocycles. The third-order valence-electron chi connectivity index (χ3n) is 3.14. The highest BCUT2D eigenvalue weighted by atomic mass is 16.5. The molecule has 0 saturated heterocycles. The van der Waals surface area contributed by atoms with Crippen LogP contribution in [0.25, 0.3) is 0 Å². The van der Waals surface area contributed by atoms with Crippen LogP contribution in [0.2, 0.25) is 0 Å². The van der Waals surface area contributed by atoms with E-state index in [1.165, 1.54) is 12.0 Å². The van der Waals surface area contributed by atoms with E-state index in [2.05, 4.69) is 17.6 Å². The lowest BCUT2D eigenvalue weighted by Gasteiger charge is -2.20. The van der Waals surface area contributed by atoms with Crippen LogP contribution in [0.15, 0.2) is 12.7 Å². The molecule has 3 heteroatoms. The van der Waals surface area contributed by atoms with E-state index in [1.54, 1.807) is 6.08 Å². The molecular formula is C14H16N2O. The Hall–Kier alpha value is -1.82. The number of hydrogen-bond acceptors (Lipinski definition) is 3. The van der Waals surface area contributed by atoms with Crippen LogP contribution in [0, 0.1) is 18.3 Å². The highest BCUT2D eigenvalue weighted by Crippen LogP contribution is 2.31. The highest BCUT2D eigenvalue weighted by Gasteiger charge is 2.20. The van der Waals surface area contributed by atoms with Crippen LogP contribution in [0.1, 0.15) is 35.2 Å². The summed E-state index contributed by atoms with van der Waals surface area (Å²) in [5.41, 5.74) is 4.01. The number of fused-ring (bicyclic) bond motifs is 1. The van der Waals surface area contributed by atoms with E-state index in [0.29, 0.717) is 18.1 Å². The van der Waals surface area contributed by atoms with Gasteiger partial charge in [0.1, 0.15) is 18.2 Å². The summed E-state index contributed by atoms with van der Waals surface area (Å²) in [5.74, 6) is 0.463. The zero-order chi connectivity index (χ0) is 12.3. The minimum atomic E-state index is 0.389. The molecule has 0 bridgehead atoms. The zero-order valence-corrected chi connectivity index (χ0v) is 10.1. The first kappa shape index (κ1) is 11.7. The smallest absolute Gasteiger partial charge is 0.232 e. The molecule has 0 N–H and O–H groups in total. The Morgan fingerprint density at radius 3 is 2.76 bits per heavy atom. The molecule has 0 aliphatic heterocycles. The topological polar surface area (TPSA) is 45.9 Å². The van der Waals surface area contributed by atoms with Crippen LogP contribution >= 0.6 is 0 Å². The van der Waals surface area contributed by atoms with Crippen molar-refractivity contribution in [3.8, 4) is 11.9 Å². The summed E-state index contributed by atoms with van der Waals surface area (Å²) >= 11 is 0. The molecule has 0 unspecified atom stereocenters. The Morgan fingerprint density at radius 1 is 1.41 bits per heavy atom. The molecule has 0 spiro atoms. The molecule has 0 atom stereocenters. The summed E-state index contributed by atoms with van der Waals surface area (Å²) in [5, 5.41) is 9.27. The molecule has 0 amide bonds. The van der Waals surface area contributed by atoms with E-state index in [9.17, 15) is 5.26 Å². The van der Waals surface area contributed by atoms with Gasteiger partial charge in [0.05, 0.1) is 0 Å². The van der Waals surface area contributed by atoms with Crippen molar-refractivity contribution in [1.29, 1.82) is 5.26 Å². The summed E-state index contributed by atoms with van der Waals surface area (Å²) in [6, 6.07) is 2.24. The first-order chi connectivity index (χ1) is 8.27. The van der Waals surface area contributed by atoms with Gasteiger partial charge in [0.15, 0.2) is 0 Å². The second-order valence-corrected chi connectivity index (χ2v) is 4.25. The maximum absolute atomic E-state index is 9.27. The number of pyridine rings is 1. The fourth-order valence-electron chi connectivity index (χ4n) is 2.34. The van der Waals surface area contributed by atoms with Crippen LogP contribution < -0.4 is 4.74 Å². The third-order valence-corrected chi connectivity index (χ3v) is 3.14. The SMILES string of the molecule is C=CCOc1nc(C)c2c(c1C#N)CCCC2. The quantitative estimate of drug-likeness (QED) is 0.747. The second kappa shape index (κ2) is 5.01. The molecule has 1 aliphatic rings. The number of rotatable bonds is 3. The number of aryl methyl sites for hydroxylation is 1. The number of nitriles is 1. The van der Waals surface area contributed by atoms with Crippen LogP contribution in [0.4, 0.5) is 0 Å². The maximum atomic E-state index is 9.27. The standard InChI is InChI=1S/C14H16N2O/c1-3-8-17-14-13(9-15)12-7-5-4-6-11(12)10(2)16-14/h3H,1,4-8H2,2H3. The van der Waals surface area contributed by atoms with Gasteiger partial charge in [0, 0.05) is 5.69 Å². The molecule has 0 radical (unpaired) electrons. The first-order valence-corrected chi connectivity index (χ1v) is 5.94. The van der Waals surface area contributed by atoms with E-state index < -0.39 is 0 Å². The van der Waals surface area contributed by atoms with Crippen molar-refractivity contribution in [1.82, 2.24) is 4.98 Å². The lowest BCUT2D eigenvalue weighted by molar-refractivity contribution is 0.345. The van der Waals surface area contributed by atoms with Crippen molar-refractivity contribution in [3.63, 3.8) is 0 Å². The maximum Gasteiger partial charge on any atom is 0.232 e. The van der Waals surface area contributed by atoms with E-state index in [1.807, 2.05) is 6.92 Å². The molecule has 1 aromatic rings. The van der Waals surface area contributed by atoms with Crippen LogP contribution in [-0.4, -0.2) is 11.6 Å². The molecule has 3 nitrogen and oxygen atoms in total. The third kappa shape index (κ3) is 2.16. The van der Waals surface area contributed by atoms with Gasteiger partial charge >= 0.3 is 0 Å². The minimum Gasteiger partial charge on any atom is -0.472 e. The lowest BCUT2D eigenvalue weighted by atomic mass is 9.88. The largest absolute Gasteiger partial charge is 0.472 e. The molecular weight excluding hydrogens is 212 g/mol. The molecule has 0 fully saturated rings. The summed E-state index contributed by atoms with van der Waals surface area (Å²) in [6.07, 6.45) is 5.99. The molecule has 1 aliphatic carbocycles. The fraction of sp³-hybridized carbons (Fsp3) is 0.429. The zero-order valence-electron chi connectivity index (χ0n) is 10.1. The van der Waals surface area contributed by atoms with Gasteiger partial charge in [-0.3, -0.25) is 0 Å². The Morgan fingerprint density at radius 2 is 2.12 bits per heavy atom. The van der Waals surface area contributed by atoms with Gasteiger partial charge in [0.2, 0.25) is 5.88 Å². The van der Waals surface area contributed by atoms with E-state index >= 15 is 0 Å². The van der Waals surface area contributed by atoms with Gasteiger partial charge < -0.3 is 4.74 Å². The first-order valence-electron chi connectivity index (χ1n) is 5.94. The van der Waals surface area contributed by atoms with Crippen molar-refractivity contribution in [2.45, 2.75) is 32.6 Å². The van der Waals surface area contributed by atoms with Crippen LogP contribution in [-0.2, 0) is 12.8 Å². The lowest BCUT2D eigenvalue weighted by Crippen LogP contribution is -2.11. The number of ether oxygens (including phenoxy) is 1. The molecule has 88 valence electrons.